The summed E-state index contributed by atoms with van der Waals surface area (Å²) in [6.45, 7) is 12.7. The number of benzene rings is 4. The maximum Gasteiger partial charge on any atom is 0.0159 e. The average Bonchev–Trinajstić information content (AvgIpc) is 2.99. The van der Waals surface area contributed by atoms with Crippen LogP contribution in [0.15, 0.2) is 72.8 Å². The number of fused-ring (bicyclic) bond motifs is 7. The summed E-state index contributed by atoms with van der Waals surface area (Å²) >= 11 is 0. The van der Waals surface area contributed by atoms with Crippen LogP contribution in [-0.4, -0.2) is 0 Å². The molecule has 1 aliphatic carbocycles. The van der Waals surface area contributed by atoms with Gasteiger partial charge in [-0.2, -0.15) is 0 Å². The van der Waals surface area contributed by atoms with E-state index in [9.17, 15) is 0 Å². The van der Waals surface area contributed by atoms with Crippen LogP contribution in [0.4, 0.5) is 0 Å². The maximum atomic E-state index is 2.35. The highest BCUT2D eigenvalue weighted by atomic mass is 14.4. The molecule has 4 aromatic rings. The predicted octanol–water partition coefficient (Wildman–Crippen LogP) is 8.35. The molecule has 4 aromatic carbocycles. The Bertz CT molecular complexity index is 996. The normalized spacial score (nSPS) is 13.1. The zero-order valence-electron chi connectivity index (χ0n) is 17.4. The van der Waals surface area contributed by atoms with E-state index in [-0.39, 0.29) is 5.41 Å². The summed E-state index contributed by atoms with van der Waals surface area (Å²) in [5.41, 5.74) is 5.81. The molecule has 0 spiro atoms. The van der Waals surface area contributed by atoms with Crippen LogP contribution in [0.5, 0.6) is 0 Å². The van der Waals surface area contributed by atoms with E-state index in [2.05, 4.69) is 86.6 Å². The maximum absolute atomic E-state index is 2.35. The van der Waals surface area contributed by atoms with E-state index in [4.69, 9.17) is 0 Å². The second-order valence-electron chi connectivity index (χ2n) is 7.04. The van der Waals surface area contributed by atoms with Gasteiger partial charge in [0.25, 0.3) is 0 Å². The molecule has 0 saturated carbocycles. The van der Waals surface area contributed by atoms with E-state index in [1.807, 2.05) is 27.7 Å². The first kappa shape index (κ1) is 19.2. The third-order valence-corrected chi connectivity index (χ3v) is 5.45. The molecule has 0 bridgehead atoms. The Labute approximate surface area is 163 Å². The van der Waals surface area contributed by atoms with Gasteiger partial charge in [0.15, 0.2) is 0 Å². The van der Waals surface area contributed by atoms with Crippen molar-refractivity contribution in [1.82, 2.24) is 0 Å². The monoisotopic (exact) mass is 354 g/mol. The van der Waals surface area contributed by atoms with Crippen LogP contribution >= 0.6 is 0 Å². The van der Waals surface area contributed by atoms with Gasteiger partial charge in [0, 0.05) is 5.41 Å². The summed E-state index contributed by atoms with van der Waals surface area (Å²) in [5.74, 6) is 0. The van der Waals surface area contributed by atoms with Crippen molar-refractivity contribution < 1.29 is 0 Å². The number of hydrogen-bond acceptors (Lipinski definition) is 0. The van der Waals surface area contributed by atoms with Gasteiger partial charge in [0.1, 0.15) is 0 Å². The molecular formula is C27H30. The Balaban J connectivity index is 0.000000495. The standard InChI is InChI=1S/C23H18.2C2H6/c1-23(2)19-13-11-15-7-3-5-9-17(15)21(19)22-18-10-6-4-8-16(18)12-14-20(22)23;2*1-2/h3-14H,1-2H3;2*1-2H3. The first-order chi connectivity index (χ1) is 13.2. The molecule has 5 rings (SSSR count). The quantitative estimate of drug-likeness (QED) is 0.297. The first-order valence-corrected chi connectivity index (χ1v) is 10.2. The van der Waals surface area contributed by atoms with Gasteiger partial charge in [-0.15, -0.1) is 0 Å². The highest BCUT2D eigenvalue weighted by molar-refractivity contribution is 6.10. The van der Waals surface area contributed by atoms with E-state index in [0.717, 1.165) is 0 Å². The van der Waals surface area contributed by atoms with E-state index in [0.29, 0.717) is 0 Å². The van der Waals surface area contributed by atoms with Gasteiger partial charge in [-0.25, -0.2) is 0 Å². The minimum absolute atomic E-state index is 0.0543. The summed E-state index contributed by atoms with van der Waals surface area (Å²) < 4.78 is 0. The molecule has 0 aromatic heterocycles. The average molecular weight is 355 g/mol. The Morgan fingerprint density at radius 1 is 0.481 bits per heavy atom. The molecule has 0 heterocycles. The van der Waals surface area contributed by atoms with Crippen molar-refractivity contribution >= 4 is 21.5 Å². The van der Waals surface area contributed by atoms with E-state index in [1.54, 1.807) is 0 Å². The van der Waals surface area contributed by atoms with Crippen LogP contribution in [0, 0.1) is 0 Å². The van der Waals surface area contributed by atoms with Crippen molar-refractivity contribution in [2.24, 2.45) is 0 Å². The number of rotatable bonds is 0. The smallest absolute Gasteiger partial charge is 0.0159 e. The molecule has 0 N–H and O–H groups in total. The summed E-state index contributed by atoms with van der Waals surface area (Å²) in [4.78, 5) is 0. The summed E-state index contributed by atoms with van der Waals surface area (Å²) in [7, 11) is 0. The lowest BCUT2D eigenvalue weighted by molar-refractivity contribution is 0.661. The summed E-state index contributed by atoms with van der Waals surface area (Å²) in [6.07, 6.45) is 0. The molecule has 0 saturated heterocycles. The molecule has 0 radical (unpaired) electrons. The fraction of sp³-hybridized carbons (Fsp3) is 0.259. The SMILES string of the molecule is CC.CC.CC1(C)c2ccc3ccccc3c2-c2c1ccc1ccccc21. The van der Waals surface area contributed by atoms with E-state index >= 15 is 0 Å². The second kappa shape index (κ2) is 7.56. The van der Waals surface area contributed by atoms with Gasteiger partial charge in [-0.05, 0) is 43.8 Å². The minimum atomic E-state index is 0.0543. The van der Waals surface area contributed by atoms with Crippen molar-refractivity contribution in [1.29, 1.82) is 0 Å². The van der Waals surface area contributed by atoms with Gasteiger partial charge >= 0.3 is 0 Å². The third-order valence-electron chi connectivity index (χ3n) is 5.45. The fourth-order valence-electron chi connectivity index (χ4n) is 4.27. The highest BCUT2D eigenvalue weighted by Crippen LogP contribution is 2.53. The van der Waals surface area contributed by atoms with Gasteiger partial charge < -0.3 is 0 Å². The van der Waals surface area contributed by atoms with E-state index in [1.165, 1.54) is 43.8 Å². The fourth-order valence-corrected chi connectivity index (χ4v) is 4.27. The Morgan fingerprint density at radius 2 is 0.852 bits per heavy atom. The molecule has 27 heavy (non-hydrogen) atoms. The van der Waals surface area contributed by atoms with Crippen molar-refractivity contribution in [3.63, 3.8) is 0 Å². The molecule has 0 heteroatoms. The first-order valence-electron chi connectivity index (χ1n) is 10.2. The van der Waals surface area contributed by atoms with Crippen LogP contribution in [-0.2, 0) is 5.41 Å². The summed E-state index contributed by atoms with van der Waals surface area (Å²) in [6, 6.07) is 26.7. The van der Waals surface area contributed by atoms with Crippen LogP contribution in [0.2, 0.25) is 0 Å². The lowest BCUT2D eigenvalue weighted by Gasteiger charge is -2.21. The Morgan fingerprint density at radius 3 is 1.26 bits per heavy atom. The van der Waals surface area contributed by atoms with Crippen LogP contribution in [0.1, 0.15) is 52.7 Å². The zero-order valence-corrected chi connectivity index (χ0v) is 17.4. The van der Waals surface area contributed by atoms with Gasteiger partial charge in [-0.1, -0.05) is 114 Å². The van der Waals surface area contributed by atoms with Crippen LogP contribution in [0.25, 0.3) is 32.7 Å². The Kier molecular flexibility index (Phi) is 5.37. The molecule has 0 nitrogen and oxygen atoms in total. The molecule has 0 aliphatic heterocycles. The zero-order chi connectivity index (χ0) is 19.6. The molecule has 1 aliphatic rings. The molecule has 0 fully saturated rings. The lowest BCUT2D eigenvalue weighted by atomic mass is 9.82. The van der Waals surface area contributed by atoms with Crippen molar-refractivity contribution in [2.45, 2.75) is 47.0 Å². The molecule has 0 unspecified atom stereocenters. The van der Waals surface area contributed by atoms with Gasteiger partial charge in [0.2, 0.25) is 0 Å². The minimum Gasteiger partial charge on any atom is -0.0683 e. The second-order valence-corrected chi connectivity index (χ2v) is 7.04. The van der Waals surface area contributed by atoms with Gasteiger partial charge in [-0.3, -0.25) is 0 Å². The van der Waals surface area contributed by atoms with Crippen molar-refractivity contribution in [3.8, 4) is 11.1 Å². The molecule has 138 valence electrons. The molecule has 0 amide bonds. The Hall–Kier alpha value is -2.60. The topological polar surface area (TPSA) is 0 Å². The van der Waals surface area contributed by atoms with Crippen LogP contribution < -0.4 is 0 Å². The predicted molar refractivity (Wildman–Crippen MR) is 122 cm³/mol. The van der Waals surface area contributed by atoms with Gasteiger partial charge in [0.05, 0.1) is 0 Å². The van der Waals surface area contributed by atoms with Crippen LogP contribution in [0.3, 0.4) is 0 Å². The highest BCUT2D eigenvalue weighted by Gasteiger charge is 2.37. The molecular weight excluding hydrogens is 324 g/mol. The van der Waals surface area contributed by atoms with E-state index < -0.39 is 0 Å². The molecule has 0 atom stereocenters. The van der Waals surface area contributed by atoms with Crippen molar-refractivity contribution in [2.75, 3.05) is 0 Å². The summed E-state index contributed by atoms with van der Waals surface area (Å²) in [5, 5.41) is 5.38. The van der Waals surface area contributed by atoms with Crippen molar-refractivity contribution in [3.05, 3.63) is 83.9 Å². The number of hydrogen-bond donors (Lipinski definition) is 0. The lowest BCUT2D eigenvalue weighted by Crippen LogP contribution is -2.14. The largest absolute Gasteiger partial charge is 0.0683 e. The third kappa shape index (κ3) is 2.84.